The number of aliphatic hydroxyl groups is 1. The summed E-state index contributed by atoms with van der Waals surface area (Å²) < 4.78 is 10.3. The van der Waals surface area contributed by atoms with Crippen molar-refractivity contribution in [1.82, 2.24) is 0 Å². The molecule has 112 valence electrons. The summed E-state index contributed by atoms with van der Waals surface area (Å²) in [5.41, 5.74) is -1.29. The van der Waals surface area contributed by atoms with Crippen molar-refractivity contribution in [2.45, 2.75) is 26.7 Å². The molecule has 1 saturated carbocycles. The zero-order valence-corrected chi connectivity index (χ0v) is 12.4. The Morgan fingerprint density at radius 3 is 2.60 bits per heavy atom. The van der Waals surface area contributed by atoms with E-state index in [1.165, 1.54) is 20.3 Å². The zero-order chi connectivity index (χ0) is 15.1. The minimum Gasteiger partial charge on any atom is -0.501 e. The van der Waals surface area contributed by atoms with E-state index < -0.39 is 10.8 Å². The van der Waals surface area contributed by atoms with E-state index in [2.05, 4.69) is 0 Å². The average molecular weight is 282 g/mol. The first-order valence-electron chi connectivity index (χ1n) is 6.84. The highest BCUT2D eigenvalue weighted by atomic mass is 16.5. The summed E-state index contributed by atoms with van der Waals surface area (Å²) in [5.74, 6) is -0.0492. The van der Waals surface area contributed by atoms with Gasteiger partial charge < -0.3 is 14.6 Å². The molecule has 2 aliphatic rings. The highest BCUT2D eigenvalue weighted by molar-refractivity contribution is 5.98. The molecule has 0 aliphatic heterocycles. The molecule has 0 heterocycles. The van der Waals surface area contributed by atoms with Crippen LogP contribution in [0, 0.1) is 22.7 Å². The molecule has 5 heteroatoms. The van der Waals surface area contributed by atoms with E-state index in [9.17, 15) is 14.7 Å². The summed E-state index contributed by atoms with van der Waals surface area (Å²) in [6.45, 7) is 3.98. The largest absolute Gasteiger partial charge is 0.501 e. The van der Waals surface area contributed by atoms with Gasteiger partial charge in [0.25, 0.3) is 0 Å². The molecule has 2 rings (SSSR count). The molecule has 3 atom stereocenters. The van der Waals surface area contributed by atoms with E-state index in [1.807, 2.05) is 13.8 Å². The topological polar surface area (TPSA) is 72.8 Å². The van der Waals surface area contributed by atoms with E-state index in [1.54, 1.807) is 0 Å². The molecular formula is C15H22O5. The molecule has 0 radical (unpaired) electrons. The number of hydrogen-bond acceptors (Lipinski definition) is 5. The normalized spacial score (nSPS) is 34.6. The highest BCUT2D eigenvalue weighted by Gasteiger charge is 2.73. The molecule has 0 amide bonds. The van der Waals surface area contributed by atoms with Crippen LogP contribution in [0.1, 0.15) is 26.7 Å². The van der Waals surface area contributed by atoms with Crippen LogP contribution in [0.2, 0.25) is 0 Å². The Bertz CT molecular complexity index is 465. The van der Waals surface area contributed by atoms with Gasteiger partial charge in [-0.25, -0.2) is 0 Å². The number of methoxy groups -OCH3 is 2. The standard InChI is InChI=1S/C15H22O5/c1-14(2)10(5-6-16)12-11(19-3)7-9(17)8-15(12,14)13(18)20-4/h7,10,12,16H,5-6,8H2,1-4H3/t10-,12-,15+/m1/s1. The van der Waals surface area contributed by atoms with Crippen LogP contribution in [-0.4, -0.2) is 37.7 Å². The Hall–Kier alpha value is -1.36. The Balaban J connectivity index is 2.53. The van der Waals surface area contributed by atoms with Crippen molar-refractivity contribution in [2.24, 2.45) is 22.7 Å². The number of ketones is 1. The van der Waals surface area contributed by atoms with Crippen molar-refractivity contribution >= 4 is 11.8 Å². The fourth-order valence-electron chi connectivity index (χ4n) is 4.25. The van der Waals surface area contributed by atoms with Crippen LogP contribution in [0.15, 0.2) is 11.8 Å². The molecule has 0 saturated heterocycles. The zero-order valence-electron chi connectivity index (χ0n) is 12.4. The lowest BCUT2D eigenvalue weighted by atomic mass is 9.36. The van der Waals surface area contributed by atoms with Gasteiger partial charge in [-0.05, 0) is 17.8 Å². The molecule has 0 spiro atoms. The Morgan fingerprint density at radius 1 is 1.45 bits per heavy atom. The van der Waals surface area contributed by atoms with Crippen molar-refractivity contribution in [2.75, 3.05) is 20.8 Å². The van der Waals surface area contributed by atoms with Gasteiger partial charge in [-0.1, -0.05) is 13.8 Å². The highest BCUT2D eigenvalue weighted by Crippen LogP contribution is 2.70. The lowest BCUT2D eigenvalue weighted by Crippen LogP contribution is -2.69. The number of allylic oxidation sites excluding steroid dienone is 2. The summed E-state index contributed by atoms with van der Waals surface area (Å²) in [7, 11) is 2.85. The van der Waals surface area contributed by atoms with Crippen LogP contribution >= 0.6 is 0 Å². The number of hydrogen-bond donors (Lipinski definition) is 1. The van der Waals surface area contributed by atoms with Crippen molar-refractivity contribution in [3.63, 3.8) is 0 Å². The van der Waals surface area contributed by atoms with Gasteiger partial charge in [0.2, 0.25) is 0 Å². The average Bonchev–Trinajstić information content (AvgIpc) is 2.42. The van der Waals surface area contributed by atoms with E-state index in [-0.39, 0.29) is 36.6 Å². The Labute approximate surface area is 118 Å². The molecule has 0 aromatic carbocycles. The third kappa shape index (κ3) is 1.65. The van der Waals surface area contributed by atoms with Gasteiger partial charge in [0.05, 0.1) is 19.6 Å². The van der Waals surface area contributed by atoms with Crippen molar-refractivity contribution in [1.29, 1.82) is 0 Å². The Kier molecular flexibility index (Phi) is 3.67. The molecule has 0 aromatic rings. The summed E-state index contributed by atoms with van der Waals surface area (Å²) in [6, 6.07) is 0. The summed E-state index contributed by atoms with van der Waals surface area (Å²) in [4.78, 5) is 24.4. The minimum absolute atomic E-state index is 0.0484. The maximum atomic E-state index is 12.4. The fraction of sp³-hybridized carbons (Fsp3) is 0.733. The summed E-state index contributed by atoms with van der Waals surface area (Å²) in [5, 5.41) is 9.27. The SMILES string of the molecule is COC(=O)[C@]12CC(=O)C=C(OC)[C@H]1[C@@H](CCO)C2(C)C. The predicted octanol–water partition coefficient (Wildman–Crippen LogP) is 1.30. The lowest BCUT2D eigenvalue weighted by Gasteiger charge is -2.66. The first-order chi connectivity index (χ1) is 9.36. The molecule has 0 aromatic heterocycles. The Morgan fingerprint density at radius 2 is 2.10 bits per heavy atom. The van der Waals surface area contributed by atoms with Crippen molar-refractivity contribution in [3.8, 4) is 0 Å². The van der Waals surface area contributed by atoms with Gasteiger partial charge in [-0.15, -0.1) is 0 Å². The molecule has 20 heavy (non-hydrogen) atoms. The van der Waals surface area contributed by atoms with E-state index in [4.69, 9.17) is 9.47 Å². The van der Waals surface area contributed by atoms with Crippen LogP contribution in [0.3, 0.4) is 0 Å². The number of aliphatic hydroxyl groups excluding tert-OH is 1. The second-order valence-corrected chi connectivity index (χ2v) is 6.17. The van der Waals surface area contributed by atoms with Crippen LogP contribution in [0.4, 0.5) is 0 Å². The van der Waals surface area contributed by atoms with Crippen LogP contribution in [-0.2, 0) is 19.1 Å². The maximum Gasteiger partial charge on any atom is 0.313 e. The van der Waals surface area contributed by atoms with Crippen LogP contribution in [0.25, 0.3) is 0 Å². The van der Waals surface area contributed by atoms with Gasteiger partial charge in [-0.2, -0.15) is 0 Å². The number of carbonyl (C=O) groups excluding carboxylic acids is 2. The predicted molar refractivity (Wildman–Crippen MR) is 71.6 cm³/mol. The van der Waals surface area contributed by atoms with Gasteiger partial charge in [0.15, 0.2) is 5.78 Å². The second kappa shape index (κ2) is 4.88. The molecule has 0 bridgehead atoms. The van der Waals surface area contributed by atoms with Gasteiger partial charge in [0.1, 0.15) is 5.76 Å². The summed E-state index contributed by atoms with van der Waals surface area (Å²) in [6.07, 6.45) is 2.20. The molecule has 0 unspecified atom stereocenters. The lowest BCUT2D eigenvalue weighted by molar-refractivity contribution is -0.222. The summed E-state index contributed by atoms with van der Waals surface area (Å²) >= 11 is 0. The quantitative estimate of drug-likeness (QED) is 0.787. The minimum atomic E-state index is -0.876. The molecule has 1 fully saturated rings. The van der Waals surface area contributed by atoms with Gasteiger partial charge in [0, 0.05) is 25.0 Å². The third-order valence-corrected chi connectivity index (χ3v) is 5.30. The number of rotatable bonds is 4. The molecular weight excluding hydrogens is 260 g/mol. The van der Waals surface area contributed by atoms with Crippen molar-refractivity contribution < 1.29 is 24.2 Å². The first-order valence-corrected chi connectivity index (χ1v) is 6.84. The number of esters is 1. The van der Waals surface area contributed by atoms with E-state index >= 15 is 0 Å². The second-order valence-electron chi connectivity index (χ2n) is 6.17. The third-order valence-electron chi connectivity index (χ3n) is 5.30. The van der Waals surface area contributed by atoms with Crippen LogP contribution < -0.4 is 0 Å². The fourth-order valence-corrected chi connectivity index (χ4v) is 4.25. The molecule has 5 nitrogen and oxygen atoms in total. The number of fused-ring (bicyclic) bond motifs is 1. The van der Waals surface area contributed by atoms with E-state index in [0.717, 1.165) is 0 Å². The maximum absolute atomic E-state index is 12.4. The van der Waals surface area contributed by atoms with Gasteiger partial charge in [-0.3, -0.25) is 9.59 Å². The monoisotopic (exact) mass is 282 g/mol. The van der Waals surface area contributed by atoms with E-state index in [0.29, 0.717) is 12.2 Å². The van der Waals surface area contributed by atoms with Crippen molar-refractivity contribution in [3.05, 3.63) is 11.8 Å². The molecule has 2 aliphatic carbocycles. The number of ether oxygens (including phenoxy) is 2. The van der Waals surface area contributed by atoms with Gasteiger partial charge >= 0.3 is 5.97 Å². The smallest absolute Gasteiger partial charge is 0.313 e. The van der Waals surface area contributed by atoms with Crippen LogP contribution in [0.5, 0.6) is 0 Å². The first kappa shape index (κ1) is 15.0. The number of carbonyl (C=O) groups is 2. The molecule has 1 N–H and O–H groups in total.